The van der Waals surface area contributed by atoms with Gasteiger partial charge < -0.3 is 19.9 Å². The summed E-state index contributed by atoms with van der Waals surface area (Å²) < 4.78 is 3.61. The average molecular weight is 625 g/mol. The highest BCUT2D eigenvalue weighted by molar-refractivity contribution is 8.23. The summed E-state index contributed by atoms with van der Waals surface area (Å²) in [7, 11) is 0. The molecule has 0 bridgehead atoms. The fourth-order valence-corrected chi connectivity index (χ4v) is 8.19. The van der Waals surface area contributed by atoms with Crippen LogP contribution in [0.15, 0.2) is 30.3 Å². The summed E-state index contributed by atoms with van der Waals surface area (Å²) in [6.07, 6.45) is 3.57. The van der Waals surface area contributed by atoms with Gasteiger partial charge in [0.25, 0.3) is 0 Å². The van der Waals surface area contributed by atoms with Crippen LogP contribution in [-0.4, -0.2) is 83.4 Å². The first kappa shape index (κ1) is 29.1. The first-order valence-corrected chi connectivity index (χ1v) is 15.4. The number of likely N-dealkylation sites (tertiary alicyclic amines) is 1. The number of carbonyl (C=O) groups is 3. The Morgan fingerprint density at radius 3 is 2.54 bits per heavy atom. The number of nitrogens with one attached hydrogen (secondary N) is 1. The van der Waals surface area contributed by atoms with E-state index in [9.17, 15) is 14.4 Å². The monoisotopic (exact) mass is 623 g/mol. The van der Waals surface area contributed by atoms with E-state index in [0.717, 1.165) is 35.8 Å². The van der Waals surface area contributed by atoms with Gasteiger partial charge in [-0.2, -0.15) is 0 Å². The number of piperidine rings is 1. The summed E-state index contributed by atoms with van der Waals surface area (Å²) in [4.78, 5) is 42.8. The van der Waals surface area contributed by atoms with Crippen LogP contribution in [0.5, 0.6) is 0 Å². The molecule has 2 amide bonds. The zero-order chi connectivity index (χ0) is 26.8. The van der Waals surface area contributed by atoms with Crippen LogP contribution >= 0.6 is 70.5 Å². The number of alkyl halides is 3. The molecule has 1 N–H and O–H groups in total. The predicted molar refractivity (Wildman–Crippen MR) is 154 cm³/mol. The van der Waals surface area contributed by atoms with Crippen molar-refractivity contribution in [2.75, 3.05) is 25.4 Å². The molecular formula is C24H28Cl3N3O4S3. The Kier molecular flexibility index (Phi) is 9.50. The van der Waals surface area contributed by atoms with Crippen molar-refractivity contribution in [1.29, 1.82) is 0 Å². The van der Waals surface area contributed by atoms with E-state index in [2.05, 4.69) is 10.2 Å². The molecule has 4 unspecified atom stereocenters. The Morgan fingerprint density at radius 1 is 1.22 bits per heavy atom. The third kappa shape index (κ3) is 7.00. The molecule has 4 atom stereocenters. The first-order valence-electron chi connectivity index (χ1n) is 12.0. The second kappa shape index (κ2) is 12.1. The van der Waals surface area contributed by atoms with Crippen LogP contribution in [0.4, 0.5) is 0 Å². The lowest BCUT2D eigenvalue weighted by Crippen LogP contribution is -2.71. The van der Waals surface area contributed by atoms with Crippen LogP contribution in [0.1, 0.15) is 31.7 Å². The minimum atomic E-state index is -1.77. The number of thiocarbonyl (C=S) groups is 1. The fourth-order valence-electron chi connectivity index (χ4n) is 4.74. The number of carbonyl (C=O) groups excluding carboxylic acids is 3. The largest absolute Gasteiger partial charge is 0.460 e. The Hall–Kier alpha value is -0.910. The zero-order valence-electron chi connectivity index (χ0n) is 20.2. The van der Waals surface area contributed by atoms with E-state index < -0.39 is 38.6 Å². The lowest BCUT2D eigenvalue weighted by Gasteiger charge is -2.44. The third-order valence-corrected chi connectivity index (χ3v) is 10.6. The Bertz CT molecular complexity index is 1040. The highest BCUT2D eigenvalue weighted by atomic mass is 35.6. The summed E-state index contributed by atoms with van der Waals surface area (Å²) in [5, 5.41) is 2.44. The number of fused-ring (bicyclic) bond motifs is 1. The van der Waals surface area contributed by atoms with Crippen molar-refractivity contribution >= 4 is 92.6 Å². The summed E-state index contributed by atoms with van der Waals surface area (Å²) in [6.45, 7) is 3.33. The lowest BCUT2D eigenvalue weighted by atomic mass is 9.95. The zero-order valence-corrected chi connectivity index (χ0v) is 24.9. The molecule has 202 valence electrons. The number of amides is 2. The van der Waals surface area contributed by atoms with Crippen molar-refractivity contribution in [2.24, 2.45) is 0 Å². The number of hydrogen-bond acceptors (Lipinski definition) is 7. The quantitative estimate of drug-likeness (QED) is 0.210. The lowest BCUT2D eigenvalue weighted by molar-refractivity contribution is -0.164. The smallest absolute Gasteiger partial charge is 0.330 e. The number of halogens is 3. The number of nitrogens with zero attached hydrogens (tertiary/aromatic N) is 2. The number of rotatable bonds is 7. The van der Waals surface area contributed by atoms with Gasteiger partial charge in [-0.1, -0.05) is 89.1 Å². The summed E-state index contributed by atoms with van der Waals surface area (Å²) >= 11 is 26.0. The Morgan fingerprint density at radius 2 is 1.89 bits per heavy atom. The molecule has 0 aliphatic carbocycles. The molecule has 0 aromatic heterocycles. The molecule has 7 nitrogen and oxygen atoms in total. The maximum absolute atomic E-state index is 13.2. The maximum Gasteiger partial charge on any atom is 0.330 e. The minimum Gasteiger partial charge on any atom is -0.460 e. The van der Waals surface area contributed by atoms with Gasteiger partial charge in [0, 0.05) is 18.8 Å². The second-order valence-electron chi connectivity index (χ2n) is 9.50. The highest BCUT2D eigenvalue weighted by Gasteiger charge is 2.66. The van der Waals surface area contributed by atoms with Gasteiger partial charge in [0.05, 0.1) is 11.2 Å². The van der Waals surface area contributed by atoms with Crippen LogP contribution in [-0.2, 0) is 25.5 Å². The minimum absolute atomic E-state index is 0.161. The molecule has 13 heteroatoms. The molecule has 1 aromatic carbocycles. The van der Waals surface area contributed by atoms with Crippen LogP contribution in [0.25, 0.3) is 0 Å². The van der Waals surface area contributed by atoms with Crippen molar-refractivity contribution in [2.45, 2.75) is 58.6 Å². The van der Waals surface area contributed by atoms with Gasteiger partial charge in [-0.15, -0.1) is 11.8 Å². The standard InChI is InChI=1S/C24H28Cl3N3O4S3/c1-23(14-36-22(35)29-10-6-3-7-11-29)18(21(33)34-13-24(25,26)27)30-19(32)17(20(30)37-23)28-16(31)12-15-8-4-2-5-9-15/h2,4-5,8-9,17-18,20H,3,6-7,10-14H2,1H3,(H,28,31). The second-order valence-corrected chi connectivity index (χ2v) is 15.3. The van der Waals surface area contributed by atoms with E-state index >= 15 is 0 Å². The van der Waals surface area contributed by atoms with Gasteiger partial charge in [-0.05, 0) is 31.7 Å². The summed E-state index contributed by atoms with van der Waals surface area (Å²) in [6, 6.07) is 7.67. The van der Waals surface area contributed by atoms with Crippen LogP contribution in [0.2, 0.25) is 0 Å². The number of esters is 1. The van der Waals surface area contributed by atoms with E-state index in [1.54, 1.807) is 0 Å². The molecular weight excluding hydrogens is 597 g/mol. The van der Waals surface area contributed by atoms with E-state index in [4.69, 9.17) is 51.8 Å². The normalized spacial score (nSPS) is 27.4. The molecule has 37 heavy (non-hydrogen) atoms. The number of ether oxygens (including phenoxy) is 1. The number of thioether (sulfide) groups is 2. The summed E-state index contributed by atoms with van der Waals surface area (Å²) in [5.74, 6) is -0.752. The molecule has 1 aromatic rings. The Balaban J connectivity index is 1.46. The first-order chi connectivity index (χ1) is 17.5. The number of benzene rings is 1. The predicted octanol–water partition coefficient (Wildman–Crippen LogP) is 4.17. The average Bonchev–Trinajstić information content (AvgIpc) is 3.15. The van der Waals surface area contributed by atoms with Gasteiger partial charge in [-0.25, -0.2) is 4.79 Å². The molecule has 0 saturated carbocycles. The maximum atomic E-state index is 13.2. The van der Waals surface area contributed by atoms with Gasteiger partial charge in [0.2, 0.25) is 15.6 Å². The van der Waals surface area contributed by atoms with Gasteiger partial charge in [0.15, 0.2) is 0 Å². The molecule has 3 aliphatic rings. The van der Waals surface area contributed by atoms with Crippen molar-refractivity contribution < 1.29 is 19.1 Å². The van der Waals surface area contributed by atoms with Gasteiger partial charge in [0.1, 0.15) is 28.4 Å². The van der Waals surface area contributed by atoms with Crippen LogP contribution < -0.4 is 5.32 Å². The topological polar surface area (TPSA) is 79.0 Å². The van der Waals surface area contributed by atoms with E-state index in [1.165, 1.54) is 34.8 Å². The van der Waals surface area contributed by atoms with E-state index in [-0.39, 0.29) is 18.2 Å². The Labute approximate surface area is 245 Å². The van der Waals surface area contributed by atoms with Crippen molar-refractivity contribution in [3.63, 3.8) is 0 Å². The molecule has 3 fully saturated rings. The molecule has 0 spiro atoms. The fraction of sp³-hybridized carbons (Fsp3) is 0.583. The molecule has 3 heterocycles. The third-order valence-electron chi connectivity index (χ3n) is 6.55. The number of β-lactam (4-membered cyclic amide) rings is 1. The SMILES string of the molecule is CC1(CSC(=S)N2CCCCC2)SC2C(NC(=O)Cc3ccccc3)C(=O)N2C1C(=O)OCC(Cl)(Cl)Cl. The number of hydrogen-bond donors (Lipinski definition) is 1. The van der Waals surface area contributed by atoms with Gasteiger partial charge >= 0.3 is 5.97 Å². The molecule has 3 saturated heterocycles. The van der Waals surface area contributed by atoms with E-state index in [0.29, 0.717) is 5.75 Å². The van der Waals surface area contributed by atoms with Crippen molar-refractivity contribution in [3.05, 3.63) is 35.9 Å². The van der Waals surface area contributed by atoms with E-state index in [1.807, 2.05) is 37.3 Å². The highest BCUT2D eigenvalue weighted by Crippen LogP contribution is 2.53. The van der Waals surface area contributed by atoms with Gasteiger partial charge in [-0.3, -0.25) is 9.59 Å². The van der Waals surface area contributed by atoms with Crippen molar-refractivity contribution in [3.8, 4) is 0 Å². The summed E-state index contributed by atoms with van der Waals surface area (Å²) in [5.41, 5.74) is 0.850. The molecule has 4 rings (SSSR count). The van der Waals surface area contributed by atoms with Crippen molar-refractivity contribution in [1.82, 2.24) is 15.1 Å². The molecule has 3 aliphatic heterocycles. The molecule has 0 radical (unpaired) electrons. The van der Waals surface area contributed by atoms with Crippen LogP contribution in [0, 0.1) is 0 Å². The van der Waals surface area contributed by atoms with Crippen LogP contribution in [0.3, 0.4) is 0 Å².